The molecule has 1 aromatic heterocycles. The van der Waals surface area contributed by atoms with Gasteiger partial charge in [0.05, 0.1) is 24.4 Å². The lowest BCUT2D eigenvalue weighted by Crippen LogP contribution is -2.35. The van der Waals surface area contributed by atoms with Crippen molar-refractivity contribution in [2.24, 2.45) is 0 Å². The molecule has 116 valence electrons. The van der Waals surface area contributed by atoms with Crippen LogP contribution in [-0.4, -0.2) is 42.1 Å². The largest absolute Gasteiger partial charge is 0.379 e. The van der Waals surface area contributed by atoms with Crippen LogP contribution in [0.15, 0.2) is 29.8 Å². The molecule has 1 aliphatic heterocycles. The molecule has 5 nitrogen and oxygen atoms in total. The van der Waals surface area contributed by atoms with Gasteiger partial charge in [0.1, 0.15) is 4.88 Å². The van der Waals surface area contributed by atoms with Gasteiger partial charge >= 0.3 is 0 Å². The van der Waals surface area contributed by atoms with Crippen molar-refractivity contribution in [3.05, 3.63) is 45.9 Å². The van der Waals surface area contributed by atoms with E-state index in [1.807, 2.05) is 25.1 Å². The summed E-state index contributed by atoms with van der Waals surface area (Å²) in [6.07, 6.45) is 0. The standard InChI is InChI=1S/C16H19N3O2S/c1-12-15(22-11-17-12)16(20)18-14-5-3-2-4-13(14)10-19-6-8-21-9-7-19/h2-5,11H,6-10H2,1H3,(H,18,20). The van der Waals surface area contributed by atoms with Crippen LogP contribution in [0, 0.1) is 6.92 Å². The number of hydrogen-bond donors (Lipinski definition) is 1. The minimum atomic E-state index is -0.0885. The number of aromatic nitrogens is 1. The van der Waals surface area contributed by atoms with Gasteiger partial charge in [0.2, 0.25) is 0 Å². The van der Waals surface area contributed by atoms with Gasteiger partial charge in [0.25, 0.3) is 5.91 Å². The summed E-state index contributed by atoms with van der Waals surface area (Å²) >= 11 is 1.37. The van der Waals surface area contributed by atoms with Crippen molar-refractivity contribution in [2.75, 3.05) is 31.6 Å². The fourth-order valence-corrected chi connectivity index (χ4v) is 3.18. The van der Waals surface area contributed by atoms with Crippen LogP contribution in [-0.2, 0) is 11.3 Å². The molecular formula is C16H19N3O2S. The van der Waals surface area contributed by atoms with E-state index >= 15 is 0 Å². The number of nitrogens with one attached hydrogen (secondary N) is 1. The van der Waals surface area contributed by atoms with Crippen LogP contribution in [0.4, 0.5) is 5.69 Å². The molecule has 0 spiro atoms. The molecule has 22 heavy (non-hydrogen) atoms. The fourth-order valence-electron chi connectivity index (χ4n) is 2.48. The third-order valence-electron chi connectivity index (χ3n) is 3.71. The topological polar surface area (TPSA) is 54.5 Å². The van der Waals surface area contributed by atoms with Gasteiger partial charge in [0.15, 0.2) is 0 Å². The molecule has 1 aromatic carbocycles. The molecule has 1 aliphatic rings. The zero-order chi connectivity index (χ0) is 15.4. The minimum absolute atomic E-state index is 0.0885. The van der Waals surface area contributed by atoms with Crippen LogP contribution in [0.3, 0.4) is 0 Å². The maximum Gasteiger partial charge on any atom is 0.267 e. The van der Waals surface area contributed by atoms with Gasteiger partial charge in [0, 0.05) is 25.3 Å². The van der Waals surface area contributed by atoms with Gasteiger partial charge in [-0.05, 0) is 18.6 Å². The van der Waals surface area contributed by atoms with Gasteiger partial charge < -0.3 is 10.1 Å². The number of anilines is 1. The van der Waals surface area contributed by atoms with Crippen LogP contribution in [0.2, 0.25) is 0 Å². The number of carbonyl (C=O) groups is 1. The summed E-state index contributed by atoms with van der Waals surface area (Å²) in [6.45, 7) is 6.07. The SMILES string of the molecule is Cc1ncsc1C(=O)Nc1ccccc1CN1CCOCC1. The van der Waals surface area contributed by atoms with Gasteiger partial charge in [-0.2, -0.15) is 0 Å². The summed E-state index contributed by atoms with van der Waals surface area (Å²) in [4.78, 5) is 19.5. The third kappa shape index (κ3) is 3.52. The van der Waals surface area contributed by atoms with Crippen molar-refractivity contribution in [1.29, 1.82) is 0 Å². The average molecular weight is 317 g/mol. The number of ether oxygens (including phenoxy) is 1. The first kappa shape index (κ1) is 15.1. The lowest BCUT2D eigenvalue weighted by Gasteiger charge is -2.27. The van der Waals surface area contributed by atoms with E-state index in [0.717, 1.165) is 49.8 Å². The molecule has 1 amide bonds. The van der Waals surface area contributed by atoms with Crippen LogP contribution in [0.5, 0.6) is 0 Å². The van der Waals surface area contributed by atoms with Crippen molar-refractivity contribution in [3.8, 4) is 0 Å². The maximum absolute atomic E-state index is 12.4. The van der Waals surface area contributed by atoms with E-state index in [4.69, 9.17) is 4.74 Å². The van der Waals surface area contributed by atoms with Gasteiger partial charge in [-0.3, -0.25) is 9.69 Å². The number of benzene rings is 1. The second-order valence-corrected chi connectivity index (χ2v) is 6.12. The summed E-state index contributed by atoms with van der Waals surface area (Å²) in [5, 5.41) is 3.02. The van der Waals surface area contributed by atoms with Crippen LogP contribution < -0.4 is 5.32 Å². The number of nitrogens with zero attached hydrogens (tertiary/aromatic N) is 2. The molecule has 2 heterocycles. The molecule has 0 aliphatic carbocycles. The zero-order valence-electron chi connectivity index (χ0n) is 12.5. The van der Waals surface area contributed by atoms with Crippen LogP contribution in [0.1, 0.15) is 20.9 Å². The predicted molar refractivity (Wildman–Crippen MR) is 87.3 cm³/mol. The number of amides is 1. The van der Waals surface area contributed by atoms with Crippen molar-refractivity contribution >= 4 is 22.9 Å². The maximum atomic E-state index is 12.4. The molecule has 1 fully saturated rings. The number of para-hydroxylation sites is 1. The number of thiazole rings is 1. The number of aryl methyl sites for hydroxylation is 1. The number of carbonyl (C=O) groups excluding carboxylic acids is 1. The summed E-state index contributed by atoms with van der Waals surface area (Å²) in [6, 6.07) is 7.95. The average Bonchev–Trinajstić information content (AvgIpc) is 2.96. The summed E-state index contributed by atoms with van der Waals surface area (Å²) in [5.74, 6) is -0.0885. The summed E-state index contributed by atoms with van der Waals surface area (Å²) < 4.78 is 5.38. The van der Waals surface area contributed by atoms with E-state index in [-0.39, 0.29) is 5.91 Å². The van der Waals surface area contributed by atoms with Crippen molar-refractivity contribution in [1.82, 2.24) is 9.88 Å². The van der Waals surface area contributed by atoms with E-state index in [2.05, 4.69) is 21.3 Å². The van der Waals surface area contributed by atoms with Crippen molar-refractivity contribution < 1.29 is 9.53 Å². The second kappa shape index (κ2) is 7.00. The molecule has 2 aromatic rings. The normalized spacial score (nSPS) is 15.7. The highest BCUT2D eigenvalue weighted by molar-refractivity contribution is 7.12. The molecule has 1 saturated heterocycles. The van der Waals surface area contributed by atoms with Gasteiger partial charge in [-0.25, -0.2) is 4.98 Å². The Balaban J connectivity index is 1.73. The van der Waals surface area contributed by atoms with E-state index in [1.165, 1.54) is 11.3 Å². The highest BCUT2D eigenvalue weighted by atomic mass is 32.1. The summed E-state index contributed by atoms with van der Waals surface area (Å²) in [7, 11) is 0. The van der Waals surface area contributed by atoms with Crippen LogP contribution >= 0.6 is 11.3 Å². The Morgan fingerprint density at radius 2 is 2.14 bits per heavy atom. The van der Waals surface area contributed by atoms with E-state index in [0.29, 0.717) is 4.88 Å². The molecule has 0 atom stereocenters. The molecular weight excluding hydrogens is 298 g/mol. The number of rotatable bonds is 4. The lowest BCUT2D eigenvalue weighted by molar-refractivity contribution is 0.0342. The Bertz CT molecular complexity index is 650. The first-order valence-electron chi connectivity index (χ1n) is 7.33. The molecule has 0 unspecified atom stereocenters. The van der Waals surface area contributed by atoms with Crippen molar-refractivity contribution in [2.45, 2.75) is 13.5 Å². The predicted octanol–water partition coefficient (Wildman–Crippen LogP) is 2.54. The molecule has 1 N–H and O–H groups in total. The second-order valence-electron chi connectivity index (χ2n) is 5.27. The Morgan fingerprint density at radius 3 is 2.86 bits per heavy atom. The zero-order valence-corrected chi connectivity index (χ0v) is 13.4. The Hall–Kier alpha value is -1.76. The number of morpholine rings is 1. The lowest BCUT2D eigenvalue weighted by atomic mass is 10.1. The molecule has 0 radical (unpaired) electrons. The Kier molecular flexibility index (Phi) is 4.82. The molecule has 3 rings (SSSR count). The quantitative estimate of drug-likeness (QED) is 0.941. The van der Waals surface area contributed by atoms with Crippen LogP contribution in [0.25, 0.3) is 0 Å². The molecule has 0 saturated carbocycles. The van der Waals surface area contributed by atoms with Gasteiger partial charge in [-0.15, -0.1) is 11.3 Å². The number of hydrogen-bond acceptors (Lipinski definition) is 5. The third-order valence-corrected chi connectivity index (χ3v) is 4.64. The highest BCUT2D eigenvalue weighted by Crippen LogP contribution is 2.20. The molecule has 0 bridgehead atoms. The first-order valence-corrected chi connectivity index (χ1v) is 8.21. The van der Waals surface area contributed by atoms with E-state index in [9.17, 15) is 4.79 Å². The Labute approximate surface area is 133 Å². The van der Waals surface area contributed by atoms with Crippen molar-refractivity contribution in [3.63, 3.8) is 0 Å². The van der Waals surface area contributed by atoms with Gasteiger partial charge in [-0.1, -0.05) is 18.2 Å². The fraction of sp³-hybridized carbons (Fsp3) is 0.375. The Morgan fingerprint density at radius 1 is 1.36 bits per heavy atom. The van der Waals surface area contributed by atoms with E-state index in [1.54, 1.807) is 5.51 Å². The smallest absolute Gasteiger partial charge is 0.267 e. The summed E-state index contributed by atoms with van der Waals surface area (Å²) in [5.41, 5.74) is 4.46. The van der Waals surface area contributed by atoms with E-state index < -0.39 is 0 Å². The molecule has 6 heteroatoms. The monoisotopic (exact) mass is 317 g/mol. The minimum Gasteiger partial charge on any atom is -0.379 e. The first-order chi connectivity index (χ1) is 10.7. The highest BCUT2D eigenvalue weighted by Gasteiger charge is 2.16.